The second-order valence-electron chi connectivity index (χ2n) is 10.5. The van der Waals surface area contributed by atoms with E-state index in [0.717, 1.165) is 13.4 Å². The Kier molecular flexibility index (Phi) is 11.8. The zero-order valence-corrected chi connectivity index (χ0v) is 28.3. The predicted molar refractivity (Wildman–Crippen MR) is 184 cm³/mol. The third-order valence-electron chi connectivity index (χ3n) is 7.24. The van der Waals surface area contributed by atoms with Crippen LogP contribution in [0.3, 0.4) is 0 Å². The number of nitrogens with one attached hydrogen (secondary N) is 1. The largest absolute Gasteiger partial charge is 0.352 e. The summed E-state index contributed by atoms with van der Waals surface area (Å²) >= 11 is 8.45. The van der Waals surface area contributed by atoms with E-state index >= 15 is 0 Å². The van der Waals surface area contributed by atoms with E-state index < -0.39 is 28.5 Å². The number of anilines is 1. The molecular formula is C34H35ClIN3O4S. The average molecular weight is 744 g/mol. The Labute approximate surface area is 278 Å². The van der Waals surface area contributed by atoms with Crippen LogP contribution in [0, 0.1) is 3.57 Å². The monoisotopic (exact) mass is 743 g/mol. The second-order valence-corrected chi connectivity index (χ2v) is 14.0. The fourth-order valence-corrected chi connectivity index (χ4v) is 6.69. The molecule has 2 unspecified atom stereocenters. The molecule has 2 atom stereocenters. The smallest absolute Gasteiger partial charge is 0.264 e. The lowest BCUT2D eigenvalue weighted by Gasteiger charge is -2.34. The van der Waals surface area contributed by atoms with E-state index in [1.54, 1.807) is 60.7 Å². The van der Waals surface area contributed by atoms with Crippen LogP contribution in [0.15, 0.2) is 114 Å². The number of rotatable bonds is 13. The molecule has 0 heterocycles. The van der Waals surface area contributed by atoms with Gasteiger partial charge in [0.1, 0.15) is 12.6 Å². The highest BCUT2D eigenvalue weighted by molar-refractivity contribution is 14.1. The molecule has 0 radical (unpaired) electrons. The van der Waals surface area contributed by atoms with E-state index in [9.17, 15) is 18.0 Å². The standard InChI is InChI=1S/C34H35ClIN3O4S/c1-3-25(2)37-34(41)32(22-26-11-6-4-7-12-26)38(23-27-13-10-14-28(35)21-27)33(40)24-39(30-19-17-29(36)18-20-30)44(42,43)31-15-8-5-9-16-31/h4-21,25,32H,3,22-24H2,1-2H3,(H,37,41). The summed E-state index contributed by atoms with van der Waals surface area (Å²) in [6.07, 6.45) is 0.951. The molecule has 0 aliphatic heterocycles. The number of carbonyl (C=O) groups is 2. The molecule has 4 aromatic carbocycles. The molecule has 0 aromatic heterocycles. The van der Waals surface area contributed by atoms with Gasteiger partial charge in [-0.2, -0.15) is 0 Å². The molecule has 1 N–H and O–H groups in total. The molecule has 2 amide bonds. The van der Waals surface area contributed by atoms with Crippen molar-refractivity contribution in [1.82, 2.24) is 10.2 Å². The molecular weight excluding hydrogens is 709 g/mol. The minimum absolute atomic E-state index is 0.0523. The highest BCUT2D eigenvalue weighted by Gasteiger charge is 2.35. The summed E-state index contributed by atoms with van der Waals surface area (Å²) in [6, 6.07) is 30.5. The fraction of sp³-hybridized carbons (Fsp3) is 0.235. The van der Waals surface area contributed by atoms with Gasteiger partial charge >= 0.3 is 0 Å². The van der Waals surface area contributed by atoms with E-state index in [2.05, 4.69) is 27.9 Å². The first-order valence-corrected chi connectivity index (χ1v) is 17.2. The number of amides is 2. The van der Waals surface area contributed by atoms with Crippen molar-refractivity contribution in [2.45, 2.75) is 50.2 Å². The molecule has 4 aromatic rings. The summed E-state index contributed by atoms with van der Waals surface area (Å²) in [6.45, 7) is 3.42. The van der Waals surface area contributed by atoms with Gasteiger partial charge in [-0.3, -0.25) is 13.9 Å². The summed E-state index contributed by atoms with van der Waals surface area (Å²) in [7, 11) is -4.14. The summed E-state index contributed by atoms with van der Waals surface area (Å²) in [5.74, 6) is -0.839. The topological polar surface area (TPSA) is 86.8 Å². The number of halogens is 2. The Balaban J connectivity index is 1.80. The molecule has 0 saturated heterocycles. The maximum absolute atomic E-state index is 14.5. The zero-order chi connectivity index (χ0) is 31.7. The number of sulfonamides is 1. The van der Waals surface area contributed by atoms with Crippen molar-refractivity contribution in [2.75, 3.05) is 10.8 Å². The summed E-state index contributed by atoms with van der Waals surface area (Å²) in [4.78, 5) is 29.9. The van der Waals surface area contributed by atoms with Gasteiger partial charge in [-0.15, -0.1) is 0 Å². The Hall–Kier alpha value is -3.41. The van der Waals surface area contributed by atoms with E-state index in [-0.39, 0.29) is 29.8 Å². The van der Waals surface area contributed by atoms with E-state index in [1.165, 1.54) is 17.0 Å². The van der Waals surface area contributed by atoms with Crippen molar-refractivity contribution in [1.29, 1.82) is 0 Å². The molecule has 4 rings (SSSR count). The quantitative estimate of drug-likeness (QED) is 0.155. The maximum atomic E-state index is 14.5. The highest BCUT2D eigenvalue weighted by atomic mass is 127. The first-order valence-electron chi connectivity index (χ1n) is 14.3. The van der Waals surface area contributed by atoms with Gasteiger partial charge in [-0.05, 0) is 95.6 Å². The Bertz CT molecular complexity index is 1660. The zero-order valence-electron chi connectivity index (χ0n) is 24.6. The second kappa shape index (κ2) is 15.5. The SMILES string of the molecule is CCC(C)NC(=O)C(Cc1ccccc1)N(Cc1cccc(Cl)c1)C(=O)CN(c1ccc(I)cc1)S(=O)(=O)c1ccccc1. The van der Waals surface area contributed by atoms with Gasteiger partial charge in [0, 0.05) is 27.6 Å². The summed E-state index contributed by atoms with van der Waals surface area (Å²) in [5, 5.41) is 3.53. The molecule has 0 spiro atoms. The number of hydrogen-bond donors (Lipinski definition) is 1. The van der Waals surface area contributed by atoms with Crippen LogP contribution in [-0.4, -0.2) is 43.8 Å². The molecule has 0 aliphatic carbocycles. The van der Waals surface area contributed by atoms with Gasteiger partial charge in [0.2, 0.25) is 11.8 Å². The third-order valence-corrected chi connectivity index (χ3v) is 9.98. The lowest BCUT2D eigenvalue weighted by molar-refractivity contribution is -0.140. The van der Waals surface area contributed by atoms with Gasteiger partial charge < -0.3 is 10.2 Å². The van der Waals surface area contributed by atoms with Crippen molar-refractivity contribution in [3.63, 3.8) is 0 Å². The minimum atomic E-state index is -4.14. The molecule has 0 fully saturated rings. The maximum Gasteiger partial charge on any atom is 0.264 e. The summed E-state index contributed by atoms with van der Waals surface area (Å²) < 4.78 is 30.1. The van der Waals surface area contributed by atoms with Gasteiger partial charge in [-0.1, -0.05) is 79.2 Å². The van der Waals surface area contributed by atoms with Crippen molar-refractivity contribution < 1.29 is 18.0 Å². The molecule has 0 bridgehead atoms. The fourth-order valence-electron chi connectivity index (χ4n) is 4.68. The molecule has 230 valence electrons. The first-order chi connectivity index (χ1) is 21.1. The molecule has 10 heteroatoms. The van der Waals surface area contributed by atoms with Crippen molar-refractivity contribution >= 4 is 61.7 Å². The third kappa shape index (κ3) is 8.83. The Morgan fingerprint density at radius 1 is 0.864 bits per heavy atom. The van der Waals surface area contributed by atoms with E-state index in [1.807, 2.05) is 50.2 Å². The lowest BCUT2D eigenvalue weighted by atomic mass is 10.0. The van der Waals surface area contributed by atoms with Crippen LogP contribution in [0.5, 0.6) is 0 Å². The van der Waals surface area contributed by atoms with Crippen LogP contribution in [0.4, 0.5) is 5.69 Å². The van der Waals surface area contributed by atoms with Crippen molar-refractivity contribution in [2.24, 2.45) is 0 Å². The lowest BCUT2D eigenvalue weighted by Crippen LogP contribution is -2.54. The van der Waals surface area contributed by atoms with Crippen LogP contribution in [0.2, 0.25) is 5.02 Å². The normalized spacial score (nSPS) is 12.6. The van der Waals surface area contributed by atoms with Gasteiger partial charge in [-0.25, -0.2) is 8.42 Å². The summed E-state index contributed by atoms with van der Waals surface area (Å²) in [5.41, 5.74) is 1.92. The van der Waals surface area contributed by atoms with Crippen LogP contribution in [0.25, 0.3) is 0 Å². The Morgan fingerprint density at radius 3 is 2.09 bits per heavy atom. The number of hydrogen-bond acceptors (Lipinski definition) is 4. The van der Waals surface area contributed by atoms with Crippen molar-refractivity contribution in [3.8, 4) is 0 Å². The number of nitrogens with zero attached hydrogens (tertiary/aromatic N) is 2. The molecule has 0 saturated carbocycles. The number of benzene rings is 4. The van der Waals surface area contributed by atoms with Crippen LogP contribution in [-0.2, 0) is 32.6 Å². The van der Waals surface area contributed by atoms with Crippen LogP contribution >= 0.6 is 34.2 Å². The molecule has 7 nitrogen and oxygen atoms in total. The first kappa shape index (κ1) is 33.5. The highest BCUT2D eigenvalue weighted by Crippen LogP contribution is 2.26. The van der Waals surface area contributed by atoms with Crippen LogP contribution < -0.4 is 9.62 Å². The minimum Gasteiger partial charge on any atom is -0.352 e. The predicted octanol–water partition coefficient (Wildman–Crippen LogP) is 6.69. The van der Waals surface area contributed by atoms with Gasteiger partial charge in [0.25, 0.3) is 10.0 Å². The Morgan fingerprint density at radius 2 is 1.48 bits per heavy atom. The average Bonchev–Trinajstić information content (AvgIpc) is 3.02. The molecule has 0 aliphatic rings. The van der Waals surface area contributed by atoms with Gasteiger partial charge in [0.15, 0.2) is 0 Å². The van der Waals surface area contributed by atoms with Gasteiger partial charge in [0.05, 0.1) is 10.6 Å². The van der Waals surface area contributed by atoms with Crippen LogP contribution in [0.1, 0.15) is 31.4 Å². The van der Waals surface area contributed by atoms with E-state index in [4.69, 9.17) is 11.6 Å². The molecule has 44 heavy (non-hydrogen) atoms. The van der Waals surface area contributed by atoms with E-state index in [0.29, 0.717) is 22.7 Å². The van der Waals surface area contributed by atoms with Crippen molar-refractivity contribution in [3.05, 3.63) is 129 Å². The number of carbonyl (C=O) groups excluding carboxylic acids is 2.